The summed E-state index contributed by atoms with van der Waals surface area (Å²) in [5.74, 6) is 0.195. The van der Waals surface area contributed by atoms with Crippen LogP contribution in [0.25, 0.3) is 0 Å². The Morgan fingerprint density at radius 2 is 2.10 bits per heavy atom. The predicted octanol–water partition coefficient (Wildman–Crippen LogP) is 2.58. The minimum atomic E-state index is -0.148. The second-order valence-electron chi connectivity index (χ2n) is 5.49. The fraction of sp³-hybridized carbons (Fsp3) is 0.500. The van der Waals surface area contributed by atoms with Gasteiger partial charge in [-0.25, -0.2) is 0 Å². The molecule has 1 aliphatic rings. The van der Waals surface area contributed by atoms with E-state index in [-0.39, 0.29) is 17.9 Å². The molecule has 0 aromatic heterocycles. The van der Waals surface area contributed by atoms with E-state index in [0.29, 0.717) is 17.9 Å². The number of benzene rings is 1. The third kappa shape index (κ3) is 3.99. The molecule has 1 aromatic carbocycles. The average molecular weight is 304 g/mol. The number of amides is 1. The molecule has 4 nitrogen and oxygen atoms in total. The number of rotatable bonds is 6. The van der Waals surface area contributed by atoms with E-state index in [1.54, 1.807) is 6.07 Å². The molecule has 1 fully saturated rings. The molecule has 0 saturated heterocycles. The lowest BCUT2D eigenvalue weighted by Crippen LogP contribution is -2.38. The van der Waals surface area contributed by atoms with Crippen LogP contribution >= 0.6 is 11.8 Å². The Morgan fingerprint density at radius 1 is 1.38 bits per heavy atom. The van der Waals surface area contributed by atoms with Crippen LogP contribution in [0, 0.1) is 16.7 Å². The summed E-state index contributed by atoms with van der Waals surface area (Å²) < 4.78 is 0. The van der Waals surface area contributed by atoms with Gasteiger partial charge in [0, 0.05) is 16.9 Å². The minimum Gasteiger partial charge on any atom is -0.396 e. The predicted molar refractivity (Wildman–Crippen MR) is 83.1 cm³/mol. The van der Waals surface area contributed by atoms with E-state index in [2.05, 4.69) is 11.4 Å². The van der Waals surface area contributed by atoms with Gasteiger partial charge in [0.25, 0.3) is 5.91 Å². The van der Waals surface area contributed by atoms with Gasteiger partial charge < -0.3 is 10.4 Å². The van der Waals surface area contributed by atoms with E-state index in [0.717, 1.165) is 30.6 Å². The maximum Gasteiger partial charge on any atom is 0.252 e. The first-order valence-electron chi connectivity index (χ1n) is 7.19. The summed E-state index contributed by atoms with van der Waals surface area (Å²) in [6, 6.07) is 9.39. The molecule has 1 amide bonds. The van der Waals surface area contributed by atoms with Gasteiger partial charge in [-0.05, 0) is 25.0 Å². The smallest absolute Gasteiger partial charge is 0.252 e. The van der Waals surface area contributed by atoms with Crippen LogP contribution in [0.4, 0.5) is 0 Å². The van der Waals surface area contributed by atoms with Gasteiger partial charge in [-0.3, -0.25) is 4.79 Å². The normalized spacial score (nSPS) is 16.4. The highest BCUT2D eigenvalue weighted by Crippen LogP contribution is 2.37. The molecule has 1 aliphatic carbocycles. The molecule has 0 spiro atoms. The lowest BCUT2D eigenvalue weighted by molar-refractivity contribution is 0.0878. The third-order valence-electron chi connectivity index (χ3n) is 4.05. The van der Waals surface area contributed by atoms with Crippen LogP contribution < -0.4 is 5.32 Å². The van der Waals surface area contributed by atoms with Gasteiger partial charge in [0.1, 0.15) is 0 Å². The molecular weight excluding hydrogens is 284 g/mol. The molecule has 2 rings (SSSR count). The van der Waals surface area contributed by atoms with Crippen LogP contribution in [-0.4, -0.2) is 29.9 Å². The zero-order chi connectivity index (χ0) is 15.1. The number of hydrogen-bond donors (Lipinski definition) is 2. The van der Waals surface area contributed by atoms with Crippen molar-refractivity contribution in [3.8, 4) is 6.07 Å². The Morgan fingerprint density at radius 3 is 2.76 bits per heavy atom. The van der Waals surface area contributed by atoms with Crippen molar-refractivity contribution in [2.45, 2.75) is 30.6 Å². The summed E-state index contributed by atoms with van der Waals surface area (Å²) in [7, 11) is 0. The standard InChI is InChI=1S/C16H20N2O2S/c17-9-10-21-14-6-2-1-5-13(14)15(20)18-11-16(12-19)7-3-4-8-16/h1-2,5-6,19H,3-4,7-8,10-12H2,(H,18,20). The minimum absolute atomic E-state index is 0.123. The van der Waals surface area contributed by atoms with Gasteiger partial charge in [-0.2, -0.15) is 5.26 Å². The maximum absolute atomic E-state index is 12.4. The molecule has 0 bridgehead atoms. The number of nitriles is 1. The summed E-state index contributed by atoms with van der Waals surface area (Å²) in [5, 5.41) is 21.2. The van der Waals surface area contributed by atoms with Gasteiger partial charge >= 0.3 is 0 Å². The zero-order valence-corrected chi connectivity index (χ0v) is 12.8. The number of aliphatic hydroxyl groups excluding tert-OH is 1. The van der Waals surface area contributed by atoms with Crippen molar-refractivity contribution in [1.82, 2.24) is 5.32 Å². The SMILES string of the molecule is N#CCSc1ccccc1C(=O)NCC1(CO)CCCC1. The third-order valence-corrected chi connectivity index (χ3v) is 4.99. The van der Waals surface area contributed by atoms with E-state index in [1.807, 2.05) is 18.2 Å². The van der Waals surface area contributed by atoms with Gasteiger partial charge in [0.15, 0.2) is 0 Å². The first-order valence-corrected chi connectivity index (χ1v) is 8.17. The summed E-state index contributed by atoms with van der Waals surface area (Å²) >= 11 is 1.37. The van der Waals surface area contributed by atoms with Crippen molar-refractivity contribution in [2.24, 2.45) is 5.41 Å². The second-order valence-corrected chi connectivity index (χ2v) is 6.51. The Kier molecular flexibility index (Phi) is 5.66. The topological polar surface area (TPSA) is 73.1 Å². The highest BCUT2D eigenvalue weighted by molar-refractivity contribution is 7.99. The fourth-order valence-corrected chi connectivity index (χ4v) is 3.48. The number of carbonyl (C=O) groups excluding carboxylic acids is 1. The van der Waals surface area contributed by atoms with Crippen molar-refractivity contribution in [2.75, 3.05) is 18.9 Å². The van der Waals surface area contributed by atoms with Crippen LogP contribution in [0.1, 0.15) is 36.0 Å². The monoisotopic (exact) mass is 304 g/mol. The molecule has 0 radical (unpaired) electrons. The van der Waals surface area contributed by atoms with Gasteiger partial charge in [-0.15, -0.1) is 11.8 Å². The lowest BCUT2D eigenvalue weighted by Gasteiger charge is -2.26. The largest absolute Gasteiger partial charge is 0.396 e. The highest BCUT2D eigenvalue weighted by Gasteiger charge is 2.33. The average Bonchev–Trinajstić information content (AvgIpc) is 3.00. The first-order chi connectivity index (χ1) is 10.2. The summed E-state index contributed by atoms with van der Waals surface area (Å²) in [6.07, 6.45) is 4.17. The Bertz CT molecular complexity index is 533. The maximum atomic E-state index is 12.4. The summed E-state index contributed by atoms with van der Waals surface area (Å²) in [6.45, 7) is 0.637. The number of hydrogen-bond acceptors (Lipinski definition) is 4. The molecular formula is C16H20N2O2S. The number of nitrogens with zero attached hydrogens (tertiary/aromatic N) is 1. The second kappa shape index (κ2) is 7.48. The summed E-state index contributed by atoms with van der Waals surface area (Å²) in [5.41, 5.74) is 0.452. The van der Waals surface area contributed by atoms with Gasteiger partial charge in [-0.1, -0.05) is 25.0 Å². The Balaban J connectivity index is 2.02. The number of nitrogens with one attached hydrogen (secondary N) is 1. The van der Waals surface area contributed by atoms with Gasteiger partial charge in [0.05, 0.1) is 24.0 Å². The van der Waals surface area contributed by atoms with Crippen LogP contribution in [0.15, 0.2) is 29.2 Å². The molecule has 5 heteroatoms. The summed E-state index contributed by atoms with van der Waals surface area (Å²) in [4.78, 5) is 13.2. The van der Waals surface area contributed by atoms with Crippen molar-refractivity contribution < 1.29 is 9.90 Å². The number of thioether (sulfide) groups is 1. The van der Waals surface area contributed by atoms with Crippen LogP contribution in [0.3, 0.4) is 0 Å². The molecule has 21 heavy (non-hydrogen) atoms. The van der Waals surface area contributed by atoms with Crippen LogP contribution in [0.5, 0.6) is 0 Å². The molecule has 0 unspecified atom stereocenters. The molecule has 0 atom stereocenters. The van der Waals surface area contributed by atoms with Crippen LogP contribution in [-0.2, 0) is 0 Å². The Labute approximate surface area is 129 Å². The Hall–Kier alpha value is -1.51. The molecule has 1 saturated carbocycles. The van der Waals surface area contributed by atoms with Gasteiger partial charge in [0.2, 0.25) is 0 Å². The zero-order valence-electron chi connectivity index (χ0n) is 12.0. The van der Waals surface area contributed by atoms with Crippen molar-refractivity contribution in [1.29, 1.82) is 5.26 Å². The molecule has 2 N–H and O–H groups in total. The quantitative estimate of drug-likeness (QED) is 0.792. The van der Waals surface area contributed by atoms with Crippen molar-refractivity contribution in [3.05, 3.63) is 29.8 Å². The van der Waals surface area contributed by atoms with E-state index in [9.17, 15) is 9.90 Å². The van der Waals surface area contributed by atoms with E-state index in [1.165, 1.54) is 11.8 Å². The van der Waals surface area contributed by atoms with Crippen molar-refractivity contribution in [3.63, 3.8) is 0 Å². The van der Waals surface area contributed by atoms with E-state index < -0.39 is 0 Å². The fourth-order valence-electron chi connectivity index (χ4n) is 2.77. The first kappa shape index (κ1) is 15.9. The molecule has 0 aliphatic heterocycles. The number of aliphatic hydroxyl groups is 1. The lowest BCUT2D eigenvalue weighted by atomic mass is 9.87. The molecule has 0 heterocycles. The molecule has 112 valence electrons. The van der Waals surface area contributed by atoms with Crippen molar-refractivity contribution >= 4 is 17.7 Å². The molecule has 1 aromatic rings. The highest BCUT2D eigenvalue weighted by atomic mass is 32.2. The van der Waals surface area contributed by atoms with E-state index >= 15 is 0 Å². The number of carbonyl (C=O) groups is 1. The van der Waals surface area contributed by atoms with E-state index in [4.69, 9.17) is 5.26 Å². The van der Waals surface area contributed by atoms with Crippen LogP contribution in [0.2, 0.25) is 0 Å².